The van der Waals surface area contributed by atoms with E-state index in [0.717, 1.165) is 44.0 Å². The summed E-state index contributed by atoms with van der Waals surface area (Å²) in [5.74, 6) is 0.817. The summed E-state index contributed by atoms with van der Waals surface area (Å²) < 4.78 is 5.05. The Hall–Kier alpha value is -1.89. The maximum Gasteiger partial charge on any atom is 0.224 e. The van der Waals surface area contributed by atoms with Gasteiger partial charge >= 0.3 is 0 Å². The SMILES string of the molecule is CC(=O)N1CCN(CCNC(=O)Cc2c(C)noc2C)CC1. The van der Waals surface area contributed by atoms with Gasteiger partial charge in [-0.3, -0.25) is 14.5 Å². The Morgan fingerprint density at radius 1 is 1.23 bits per heavy atom. The number of amides is 2. The Kier molecular flexibility index (Phi) is 5.54. The molecule has 7 heteroatoms. The average Bonchev–Trinajstić information content (AvgIpc) is 2.79. The highest BCUT2D eigenvalue weighted by Gasteiger charge is 2.18. The molecule has 122 valence electrons. The Morgan fingerprint density at radius 3 is 2.45 bits per heavy atom. The lowest BCUT2D eigenvalue weighted by Crippen LogP contribution is -2.49. The van der Waals surface area contributed by atoms with E-state index in [1.807, 2.05) is 18.7 Å². The van der Waals surface area contributed by atoms with Crippen LogP contribution >= 0.6 is 0 Å². The summed E-state index contributed by atoms with van der Waals surface area (Å²) in [7, 11) is 0. The Bertz CT molecular complexity index is 513. The highest BCUT2D eigenvalue weighted by atomic mass is 16.5. The number of aryl methyl sites for hydroxylation is 2. The summed E-state index contributed by atoms with van der Waals surface area (Å²) in [4.78, 5) is 27.3. The second-order valence-electron chi connectivity index (χ2n) is 5.68. The predicted molar refractivity (Wildman–Crippen MR) is 81.4 cm³/mol. The Labute approximate surface area is 130 Å². The molecule has 0 saturated carbocycles. The van der Waals surface area contributed by atoms with Gasteiger partial charge in [0.1, 0.15) is 5.76 Å². The van der Waals surface area contributed by atoms with Gasteiger partial charge in [0, 0.05) is 51.8 Å². The molecule has 1 saturated heterocycles. The number of aromatic nitrogens is 1. The Balaban J connectivity index is 1.67. The number of nitrogens with zero attached hydrogens (tertiary/aromatic N) is 3. The molecule has 2 amide bonds. The molecule has 0 atom stereocenters. The lowest BCUT2D eigenvalue weighted by atomic mass is 10.1. The predicted octanol–water partition coefficient (Wildman–Crippen LogP) is 0.114. The van der Waals surface area contributed by atoms with Crippen molar-refractivity contribution in [1.82, 2.24) is 20.3 Å². The zero-order valence-electron chi connectivity index (χ0n) is 13.5. The molecule has 1 aromatic heterocycles. The maximum absolute atomic E-state index is 11.9. The lowest BCUT2D eigenvalue weighted by molar-refractivity contribution is -0.130. The minimum Gasteiger partial charge on any atom is -0.361 e. The highest BCUT2D eigenvalue weighted by Crippen LogP contribution is 2.12. The van der Waals surface area contributed by atoms with E-state index >= 15 is 0 Å². The average molecular weight is 308 g/mol. The largest absolute Gasteiger partial charge is 0.361 e. The van der Waals surface area contributed by atoms with Crippen molar-refractivity contribution >= 4 is 11.8 Å². The van der Waals surface area contributed by atoms with Crippen LogP contribution in [0.25, 0.3) is 0 Å². The molecule has 1 aliphatic heterocycles. The van der Waals surface area contributed by atoms with Gasteiger partial charge in [0.2, 0.25) is 11.8 Å². The van der Waals surface area contributed by atoms with Crippen LogP contribution in [0.5, 0.6) is 0 Å². The van der Waals surface area contributed by atoms with Crippen LogP contribution in [-0.2, 0) is 16.0 Å². The molecule has 2 heterocycles. The topological polar surface area (TPSA) is 78.7 Å². The summed E-state index contributed by atoms with van der Waals surface area (Å²) in [5, 5.41) is 6.77. The van der Waals surface area contributed by atoms with Crippen LogP contribution in [0.1, 0.15) is 23.9 Å². The molecule has 0 unspecified atom stereocenters. The van der Waals surface area contributed by atoms with Gasteiger partial charge in [0.05, 0.1) is 12.1 Å². The minimum absolute atomic E-state index is 0.0169. The first-order chi connectivity index (χ1) is 10.5. The van der Waals surface area contributed by atoms with Crippen LogP contribution in [0.4, 0.5) is 0 Å². The second-order valence-corrected chi connectivity index (χ2v) is 5.68. The van der Waals surface area contributed by atoms with E-state index in [9.17, 15) is 9.59 Å². The van der Waals surface area contributed by atoms with Crippen LogP contribution in [0.3, 0.4) is 0 Å². The summed E-state index contributed by atoms with van der Waals surface area (Å²) in [6.45, 7) is 9.93. The first kappa shape index (κ1) is 16.5. The fourth-order valence-electron chi connectivity index (χ4n) is 2.62. The second kappa shape index (κ2) is 7.40. The maximum atomic E-state index is 11.9. The highest BCUT2D eigenvalue weighted by molar-refractivity contribution is 5.79. The van der Waals surface area contributed by atoms with Crippen molar-refractivity contribution in [3.8, 4) is 0 Å². The number of carbonyl (C=O) groups is 2. The molecule has 2 rings (SSSR count). The number of piperazine rings is 1. The van der Waals surface area contributed by atoms with Crippen LogP contribution in [0, 0.1) is 13.8 Å². The van der Waals surface area contributed by atoms with Gasteiger partial charge in [0.25, 0.3) is 0 Å². The summed E-state index contributed by atoms with van der Waals surface area (Å²) >= 11 is 0. The molecule has 0 aliphatic carbocycles. The van der Waals surface area contributed by atoms with Crippen LogP contribution in [0.15, 0.2) is 4.52 Å². The van der Waals surface area contributed by atoms with Crippen molar-refractivity contribution < 1.29 is 14.1 Å². The van der Waals surface area contributed by atoms with Crippen molar-refractivity contribution in [2.24, 2.45) is 0 Å². The summed E-state index contributed by atoms with van der Waals surface area (Å²) in [5.41, 5.74) is 1.64. The van der Waals surface area contributed by atoms with Gasteiger partial charge in [-0.15, -0.1) is 0 Å². The molecule has 0 radical (unpaired) electrons. The fraction of sp³-hybridized carbons (Fsp3) is 0.667. The van der Waals surface area contributed by atoms with Crippen molar-refractivity contribution in [3.05, 3.63) is 17.0 Å². The van der Waals surface area contributed by atoms with Gasteiger partial charge in [-0.05, 0) is 13.8 Å². The molecular weight excluding hydrogens is 284 g/mol. The smallest absolute Gasteiger partial charge is 0.224 e. The van der Waals surface area contributed by atoms with Crippen molar-refractivity contribution in [2.45, 2.75) is 27.2 Å². The van der Waals surface area contributed by atoms with Gasteiger partial charge in [-0.1, -0.05) is 5.16 Å². The van der Waals surface area contributed by atoms with Gasteiger partial charge < -0.3 is 14.7 Å². The molecule has 1 N–H and O–H groups in total. The van der Waals surface area contributed by atoms with E-state index in [4.69, 9.17) is 4.52 Å². The van der Waals surface area contributed by atoms with Gasteiger partial charge in [-0.2, -0.15) is 0 Å². The number of hydrogen-bond acceptors (Lipinski definition) is 5. The van der Waals surface area contributed by atoms with Crippen molar-refractivity contribution in [2.75, 3.05) is 39.3 Å². The summed E-state index contributed by atoms with van der Waals surface area (Å²) in [6.07, 6.45) is 0.305. The van der Waals surface area contributed by atoms with E-state index < -0.39 is 0 Å². The van der Waals surface area contributed by atoms with E-state index in [-0.39, 0.29) is 11.8 Å². The molecule has 1 aromatic rings. The van der Waals surface area contributed by atoms with Crippen molar-refractivity contribution in [1.29, 1.82) is 0 Å². The first-order valence-electron chi connectivity index (χ1n) is 7.63. The van der Waals surface area contributed by atoms with Gasteiger partial charge in [0.15, 0.2) is 0 Å². The number of carbonyl (C=O) groups excluding carboxylic acids is 2. The van der Waals surface area contributed by atoms with Crippen molar-refractivity contribution in [3.63, 3.8) is 0 Å². The number of rotatable bonds is 5. The van der Waals surface area contributed by atoms with Gasteiger partial charge in [-0.25, -0.2) is 0 Å². The van der Waals surface area contributed by atoms with Crippen LogP contribution in [-0.4, -0.2) is 66.0 Å². The number of hydrogen-bond donors (Lipinski definition) is 1. The summed E-state index contributed by atoms with van der Waals surface area (Å²) in [6, 6.07) is 0. The molecule has 0 spiro atoms. The fourth-order valence-corrected chi connectivity index (χ4v) is 2.62. The molecule has 0 aromatic carbocycles. The van der Waals surface area contributed by atoms with E-state index in [1.54, 1.807) is 6.92 Å². The third kappa shape index (κ3) is 4.30. The zero-order valence-corrected chi connectivity index (χ0v) is 13.5. The van der Waals surface area contributed by atoms with E-state index in [1.165, 1.54) is 0 Å². The first-order valence-corrected chi connectivity index (χ1v) is 7.63. The molecule has 1 fully saturated rings. The molecule has 1 aliphatic rings. The Morgan fingerprint density at radius 2 is 1.91 bits per heavy atom. The quantitative estimate of drug-likeness (QED) is 0.835. The van der Waals surface area contributed by atoms with Crippen LogP contribution < -0.4 is 5.32 Å². The standard InChI is InChI=1S/C15H24N4O3/c1-11-14(12(2)22-17-11)10-15(21)16-4-5-18-6-8-19(9-7-18)13(3)20/h4-10H2,1-3H3,(H,16,21). The molecule has 22 heavy (non-hydrogen) atoms. The van der Waals surface area contributed by atoms with E-state index in [2.05, 4.69) is 15.4 Å². The number of nitrogens with one attached hydrogen (secondary N) is 1. The van der Waals surface area contributed by atoms with E-state index in [0.29, 0.717) is 18.7 Å². The molecular formula is C15H24N4O3. The monoisotopic (exact) mass is 308 g/mol. The lowest BCUT2D eigenvalue weighted by Gasteiger charge is -2.34. The third-order valence-electron chi connectivity index (χ3n) is 4.09. The minimum atomic E-state index is -0.0169. The zero-order chi connectivity index (χ0) is 16.1. The van der Waals surface area contributed by atoms with Crippen LogP contribution in [0.2, 0.25) is 0 Å². The molecule has 0 bridgehead atoms. The normalized spacial score (nSPS) is 15.9. The third-order valence-corrected chi connectivity index (χ3v) is 4.09. The molecule has 7 nitrogen and oxygen atoms in total.